The summed E-state index contributed by atoms with van der Waals surface area (Å²) < 4.78 is 10.2. The summed E-state index contributed by atoms with van der Waals surface area (Å²) in [4.78, 5) is 27.1. The molecule has 0 aliphatic carbocycles. The van der Waals surface area contributed by atoms with Gasteiger partial charge in [0.1, 0.15) is 5.71 Å². The number of hydrogen-bond acceptors (Lipinski definition) is 7. The van der Waals surface area contributed by atoms with Crippen molar-refractivity contribution in [3.63, 3.8) is 0 Å². The van der Waals surface area contributed by atoms with Gasteiger partial charge in [0.2, 0.25) is 11.7 Å². The Morgan fingerprint density at radius 3 is 2.68 bits per heavy atom. The molecule has 1 aromatic heterocycles. The van der Waals surface area contributed by atoms with Gasteiger partial charge in [-0.15, -0.1) is 0 Å². The molecular formula is C17H18N4O4. The number of benzene rings is 1. The number of nitrogens with zero attached hydrogens (tertiary/aromatic N) is 3. The molecule has 2 heterocycles. The minimum Gasteiger partial charge on any atom is -0.451 e. The molecule has 25 heavy (non-hydrogen) atoms. The second-order valence-electron chi connectivity index (χ2n) is 5.96. The summed E-state index contributed by atoms with van der Waals surface area (Å²) in [7, 11) is 0. The first-order valence-electron chi connectivity index (χ1n) is 7.98. The number of hydrogen-bond donors (Lipinski definition) is 1. The fraction of sp³-hybridized carbons (Fsp3) is 0.353. The predicted molar refractivity (Wildman–Crippen MR) is 88.4 cm³/mol. The number of aromatic nitrogens is 2. The number of ether oxygens (including phenoxy) is 1. The van der Waals surface area contributed by atoms with Gasteiger partial charge in [0.05, 0.1) is 0 Å². The highest BCUT2D eigenvalue weighted by Gasteiger charge is 2.20. The zero-order valence-corrected chi connectivity index (χ0v) is 14.0. The van der Waals surface area contributed by atoms with Crippen LogP contribution < -0.4 is 5.43 Å². The molecule has 1 N–H and O–H groups in total. The predicted octanol–water partition coefficient (Wildman–Crippen LogP) is 2.17. The summed E-state index contributed by atoms with van der Waals surface area (Å²) >= 11 is 0. The lowest BCUT2D eigenvalue weighted by Gasteiger charge is -2.10. The lowest BCUT2D eigenvalue weighted by atomic mass is 10.0. The zero-order chi connectivity index (χ0) is 17.8. The molecule has 1 amide bonds. The van der Waals surface area contributed by atoms with Crippen LogP contribution in [0.3, 0.4) is 0 Å². The van der Waals surface area contributed by atoms with Gasteiger partial charge in [-0.3, -0.25) is 4.79 Å². The summed E-state index contributed by atoms with van der Waals surface area (Å²) in [6, 6.07) is 7.89. The first kappa shape index (κ1) is 16.8. The van der Waals surface area contributed by atoms with E-state index in [1.807, 2.05) is 24.3 Å². The zero-order valence-electron chi connectivity index (χ0n) is 14.0. The van der Waals surface area contributed by atoms with E-state index in [1.54, 1.807) is 0 Å². The first-order valence-corrected chi connectivity index (χ1v) is 7.98. The fourth-order valence-electron chi connectivity index (χ4n) is 2.28. The maximum atomic E-state index is 11.9. The Morgan fingerprint density at radius 2 is 2.04 bits per heavy atom. The quantitative estimate of drug-likeness (QED) is 0.835. The van der Waals surface area contributed by atoms with Crippen LogP contribution in [0.25, 0.3) is 11.4 Å². The molecule has 1 aliphatic rings. The van der Waals surface area contributed by atoms with E-state index in [0.29, 0.717) is 11.7 Å². The van der Waals surface area contributed by atoms with Crippen molar-refractivity contribution in [3.05, 3.63) is 35.7 Å². The van der Waals surface area contributed by atoms with Gasteiger partial charge in [-0.25, -0.2) is 10.2 Å². The molecule has 2 aromatic rings. The Balaban J connectivity index is 1.60. The average Bonchev–Trinajstić information content (AvgIpc) is 3.09. The van der Waals surface area contributed by atoms with E-state index >= 15 is 0 Å². The van der Waals surface area contributed by atoms with Crippen molar-refractivity contribution in [2.75, 3.05) is 0 Å². The molecule has 0 fully saturated rings. The number of nitrogens with one attached hydrogen (secondary N) is 1. The Labute approximate surface area is 144 Å². The van der Waals surface area contributed by atoms with Crippen molar-refractivity contribution >= 4 is 17.6 Å². The Morgan fingerprint density at radius 1 is 1.28 bits per heavy atom. The standard InChI is InChI=1S/C17H18N4O4/c1-10(2)11-3-5-12(6-4-11)16-18-15(25-21-16)9-24-17(23)13-7-8-14(22)20-19-13/h3-6,10H,7-9H2,1-2H3,(H,20,22). The van der Waals surface area contributed by atoms with Crippen LogP contribution in [-0.2, 0) is 20.9 Å². The van der Waals surface area contributed by atoms with Crippen LogP contribution in [0.5, 0.6) is 0 Å². The molecule has 8 heteroatoms. The van der Waals surface area contributed by atoms with Gasteiger partial charge >= 0.3 is 5.97 Å². The summed E-state index contributed by atoms with van der Waals surface area (Å²) in [5, 5.41) is 7.57. The van der Waals surface area contributed by atoms with Gasteiger partial charge in [0.25, 0.3) is 5.89 Å². The number of carbonyl (C=O) groups excluding carboxylic acids is 2. The Hall–Kier alpha value is -3.03. The van der Waals surface area contributed by atoms with Crippen molar-refractivity contribution in [3.8, 4) is 11.4 Å². The molecule has 0 bridgehead atoms. The lowest BCUT2D eigenvalue weighted by molar-refractivity contribution is -0.137. The van der Waals surface area contributed by atoms with Crippen LogP contribution in [0.15, 0.2) is 33.9 Å². The number of hydrazone groups is 1. The topological polar surface area (TPSA) is 107 Å². The van der Waals surface area contributed by atoms with Crippen LogP contribution in [0.4, 0.5) is 0 Å². The Bertz CT molecular complexity index is 808. The van der Waals surface area contributed by atoms with E-state index in [-0.39, 0.29) is 37.0 Å². The third-order valence-corrected chi connectivity index (χ3v) is 3.77. The second kappa shape index (κ2) is 7.25. The lowest BCUT2D eigenvalue weighted by Crippen LogP contribution is -2.30. The molecule has 3 rings (SSSR count). The van der Waals surface area contributed by atoms with Crippen molar-refractivity contribution in [2.24, 2.45) is 5.10 Å². The van der Waals surface area contributed by atoms with E-state index < -0.39 is 5.97 Å². The van der Waals surface area contributed by atoms with Crippen LogP contribution in [0.1, 0.15) is 44.1 Å². The molecular weight excluding hydrogens is 324 g/mol. The highest BCUT2D eigenvalue weighted by atomic mass is 16.6. The molecule has 1 aliphatic heterocycles. The van der Waals surface area contributed by atoms with Gasteiger partial charge in [-0.2, -0.15) is 10.1 Å². The van der Waals surface area contributed by atoms with Crippen LogP contribution in [0, 0.1) is 0 Å². The summed E-state index contributed by atoms with van der Waals surface area (Å²) in [6.07, 6.45) is 0.465. The fourth-order valence-corrected chi connectivity index (χ4v) is 2.28. The van der Waals surface area contributed by atoms with E-state index in [2.05, 4.69) is 34.5 Å². The van der Waals surface area contributed by atoms with Gasteiger partial charge in [0, 0.05) is 18.4 Å². The normalized spacial score (nSPS) is 14.2. The van der Waals surface area contributed by atoms with Crippen LogP contribution in [-0.4, -0.2) is 27.7 Å². The van der Waals surface area contributed by atoms with Crippen molar-refractivity contribution in [1.29, 1.82) is 0 Å². The molecule has 130 valence electrons. The number of amides is 1. The third kappa shape index (κ3) is 4.09. The molecule has 0 saturated heterocycles. The minimum atomic E-state index is -0.610. The van der Waals surface area contributed by atoms with Crippen LogP contribution in [0.2, 0.25) is 0 Å². The third-order valence-electron chi connectivity index (χ3n) is 3.77. The first-order chi connectivity index (χ1) is 12.0. The molecule has 1 aromatic carbocycles. The van der Waals surface area contributed by atoms with E-state index in [1.165, 1.54) is 5.56 Å². The van der Waals surface area contributed by atoms with Crippen molar-refractivity contribution < 1.29 is 18.8 Å². The summed E-state index contributed by atoms with van der Waals surface area (Å²) in [6.45, 7) is 4.10. The smallest absolute Gasteiger partial charge is 0.355 e. The molecule has 0 spiro atoms. The van der Waals surface area contributed by atoms with Crippen molar-refractivity contribution in [1.82, 2.24) is 15.6 Å². The van der Waals surface area contributed by atoms with Gasteiger partial charge in [-0.1, -0.05) is 43.3 Å². The van der Waals surface area contributed by atoms with Gasteiger partial charge < -0.3 is 9.26 Å². The molecule has 0 atom stereocenters. The SMILES string of the molecule is CC(C)c1ccc(-c2noc(COC(=O)C3=NNC(=O)CC3)n2)cc1. The summed E-state index contributed by atoms with van der Waals surface area (Å²) in [5.41, 5.74) is 4.46. The Kier molecular flexibility index (Phi) is 4.87. The maximum absolute atomic E-state index is 11.9. The maximum Gasteiger partial charge on any atom is 0.355 e. The van der Waals surface area contributed by atoms with Gasteiger partial charge in [-0.05, 0) is 11.5 Å². The summed E-state index contributed by atoms with van der Waals surface area (Å²) in [5.74, 6) is 0.241. The average molecular weight is 342 g/mol. The molecule has 0 unspecified atom stereocenters. The highest BCUT2D eigenvalue weighted by molar-refractivity contribution is 6.37. The monoisotopic (exact) mass is 342 g/mol. The molecule has 8 nitrogen and oxygen atoms in total. The minimum absolute atomic E-state index is 0.150. The van der Waals surface area contributed by atoms with Crippen molar-refractivity contribution in [2.45, 2.75) is 39.2 Å². The highest BCUT2D eigenvalue weighted by Crippen LogP contribution is 2.20. The molecule has 0 saturated carbocycles. The van der Waals surface area contributed by atoms with Gasteiger partial charge in [0.15, 0.2) is 6.61 Å². The van der Waals surface area contributed by atoms with E-state index in [0.717, 1.165) is 5.56 Å². The van der Waals surface area contributed by atoms with Crippen LogP contribution >= 0.6 is 0 Å². The number of carbonyl (C=O) groups is 2. The van der Waals surface area contributed by atoms with E-state index in [9.17, 15) is 9.59 Å². The number of esters is 1. The second-order valence-corrected chi connectivity index (χ2v) is 5.96. The largest absolute Gasteiger partial charge is 0.451 e. The number of rotatable bonds is 5. The molecule has 0 radical (unpaired) electrons. The van der Waals surface area contributed by atoms with E-state index in [4.69, 9.17) is 9.26 Å².